The Kier molecular flexibility index (Phi) is 21.3. The number of carboxylic acids is 4. The summed E-state index contributed by atoms with van der Waals surface area (Å²) in [7, 11) is 0. The Labute approximate surface area is 191 Å². The molecule has 4 N–H and O–H groups in total. The molecule has 0 aliphatic rings. The Morgan fingerprint density at radius 3 is 1.03 bits per heavy atom. The third-order valence-corrected chi connectivity index (χ3v) is 4.81. The second-order valence-electron chi connectivity index (χ2n) is 7.61. The van der Waals surface area contributed by atoms with Crippen molar-refractivity contribution in [3.05, 3.63) is 23.3 Å². The molecule has 32 heavy (non-hydrogen) atoms. The molecular weight excluding hydrogens is 416 g/mol. The van der Waals surface area contributed by atoms with E-state index in [4.69, 9.17) is 10.2 Å². The van der Waals surface area contributed by atoms with Crippen LogP contribution in [-0.4, -0.2) is 44.3 Å². The van der Waals surface area contributed by atoms with Crippen LogP contribution in [0, 0.1) is 0 Å². The molecule has 0 aliphatic heterocycles. The van der Waals surface area contributed by atoms with E-state index in [9.17, 15) is 29.4 Å². The zero-order chi connectivity index (χ0) is 24.8. The largest absolute Gasteiger partial charge is 0.478 e. The molecule has 0 bridgehead atoms. The molecule has 0 rings (SSSR count). The van der Waals surface area contributed by atoms with Gasteiger partial charge in [0.2, 0.25) is 0 Å². The minimum atomic E-state index is -1.26. The number of carboxylic acid groups (broad SMARTS) is 4. The van der Waals surface area contributed by atoms with Crippen molar-refractivity contribution in [2.75, 3.05) is 0 Å². The predicted octanol–water partition coefficient (Wildman–Crippen LogP) is 5.67. The minimum absolute atomic E-state index is 0.117. The van der Waals surface area contributed by atoms with E-state index < -0.39 is 23.9 Å². The van der Waals surface area contributed by atoms with Crippen molar-refractivity contribution in [2.45, 2.75) is 104 Å². The van der Waals surface area contributed by atoms with Gasteiger partial charge in [-0.3, -0.25) is 0 Å². The van der Waals surface area contributed by atoms with Gasteiger partial charge in [-0.2, -0.15) is 0 Å². The highest BCUT2D eigenvalue weighted by Crippen LogP contribution is 2.21. The van der Waals surface area contributed by atoms with Gasteiger partial charge >= 0.3 is 23.9 Å². The minimum Gasteiger partial charge on any atom is -0.478 e. The molecule has 0 saturated carbocycles. The summed E-state index contributed by atoms with van der Waals surface area (Å²) in [5.41, 5.74) is 0.234. The summed E-state index contributed by atoms with van der Waals surface area (Å²) < 4.78 is 0. The van der Waals surface area contributed by atoms with Gasteiger partial charge in [-0.1, -0.05) is 78.1 Å². The molecule has 0 fully saturated rings. The van der Waals surface area contributed by atoms with Gasteiger partial charge in [0.25, 0.3) is 0 Å². The lowest BCUT2D eigenvalue weighted by molar-refractivity contribution is -0.136. The zero-order valence-electron chi connectivity index (χ0n) is 19.5. The molecule has 0 amide bonds. The predicted molar refractivity (Wildman–Crippen MR) is 123 cm³/mol. The molecular formula is C24H40O8. The van der Waals surface area contributed by atoms with Crippen LogP contribution in [0.3, 0.4) is 0 Å². The number of carbonyl (C=O) groups is 4. The molecule has 0 aromatic carbocycles. The molecule has 0 spiro atoms. The Morgan fingerprint density at radius 1 is 0.500 bits per heavy atom. The summed E-state index contributed by atoms with van der Waals surface area (Å²) in [5.74, 6) is -4.64. The van der Waals surface area contributed by atoms with Crippen molar-refractivity contribution in [3.8, 4) is 0 Å². The number of rotatable bonds is 18. The molecule has 184 valence electrons. The first-order valence-electron chi connectivity index (χ1n) is 11.5. The van der Waals surface area contributed by atoms with Gasteiger partial charge in [-0.25, -0.2) is 19.2 Å². The summed E-state index contributed by atoms with van der Waals surface area (Å²) in [6, 6.07) is 0. The SMILES string of the molecule is CCCCCCCC/C(C(=O)O)=C(\CCCCCCCC)C(=O)O.O=C(O)C=CC(=O)O. The van der Waals surface area contributed by atoms with E-state index in [1.54, 1.807) is 0 Å². The highest BCUT2D eigenvalue weighted by molar-refractivity contribution is 5.98. The molecule has 0 aromatic heterocycles. The summed E-state index contributed by atoms with van der Waals surface area (Å²) in [6.07, 6.45) is 14.7. The van der Waals surface area contributed by atoms with Gasteiger partial charge < -0.3 is 20.4 Å². The van der Waals surface area contributed by atoms with E-state index in [2.05, 4.69) is 13.8 Å². The zero-order valence-corrected chi connectivity index (χ0v) is 19.5. The van der Waals surface area contributed by atoms with Crippen molar-refractivity contribution < 1.29 is 39.6 Å². The molecule has 8 heteroatoms. The molecule has 0 saturated heterocycles. The lowest BCUT2D eigenvalue weighted by Gasteiger charge is -2.09. The normalized spacial score (nSPS) is 11.4. The summed E-state index contributed by atoms with van der Waals surface area (Å²) in [6.45, 7) is 4.32. The molecule has 0 heterocycles. The number of aliphatic carboxylic acids is 4. The monoisotopic (exact) mass is 456 g/mol. The van der Waals surface area contributed by atoms with E-state index in [-0.39, 0.29) is 11.1 Å². The molecule has 0 atom stereocenters. The van der Waals surface area contributed by atoms with E-state index >= 15 is 0 Å². The fraction of sp³-hybridized carbons (Fsp3) is 0.667. The highest BCUT2D eigenvalue weighted by Gasteiger charge is 2.19. The molecule has 0 aromatic rings. The summed E-state index contributed by atoms with van der Waals surface area (Å²) >= 11 is 0. The van der Waals surface area contributed by atoms with Crippen LogP contribution in [0.15, 0.2) is 23.3 Å². The smallest absolute Gasteiger partial charge is 0.332 e. The fourth-order valence-electron chi connectivity index (χ4n) is 3.08. The molecule has 0 unspecified atom stereocenters. The molecule has 8 nitrogen and oxygen atoms in total. The van der Waals surface area contributed by atoms with Crippen molar-refractivity contribution in [2.24, 2.45) is 0 Å². The Morgan fingerprint density at radius 2 is 0.781 bits per heavy atom. The number of unbranched alkanes of at least 4 members (excludes halogenated alkanes) is 10. The van der Waals surface area contributed by atoms with Crippen LogP contribution in [0.1, 0.15) is 104 Å². The van der Waals surface area contributed by atoms with E-state index in [1.165, 1.54) is 38.5 Å². The van der Waals surface area contributed by atoms with E-state index in [0.717, 1.165) is 38.5 Å². The van der Waals surface area contributed by atoms with E-state index in [1.807, 2.05) is 0 Å². The Hall–Kier alpha value is -2.64. The van der Waals surface area contributed by atoms with Crippen molar-refractivity contribution in [1.29, 1.82) is 0 Å². The second kappa shape index (κ2) is 21.6. The van der Waals surface area contributed by atoms with Crippen molar-refractivity contribution in [3.63, 3.8) is 0 Å². The highest BCUT2D eigenvalue weighted by atomic mass is 16.4. The van der Waals surface area contributed by atoms with Gasteiger partial charge in [0.15, 0.2) is 0 Å². The average Bonchev–Trinajstić information content (AvgIpc) is 2.72. The van der Waals surface area contributed by atoms with Gasteiger partial charge in [0.05, 0.1) is 0 Å². The maximum absolute atomic E-state index is 11.5. The topological polar surface area (TPSA) is 149 Å². The lowest BCUT2D eigenvalue weighted by Crippen LogP contribution is -2.12. The maximum atomic E-state index is 11.5. The third kappa shape index (κ3) is 20.6. The van der Waals surface area contributed by atoms with Crippen LogP contribution >= 0.6 is 0 Å². The van der Waals surface area contributed by atoms with Crippen LogP contribution in [0.4, 0.5) is 0 Å². The first-order chi connectivity index (χ1) is 15.2. The van der Waals surface area contributed by atoms with Crippen molar-refractivity contribution >= 4 is 23.9 Å². The Bertz CT molecular complexity index is 567. The van der Waals surface area contributed by atoms with E-state index in [0.29, 0.717) is 25.0 Å². The van der Waals surface area contributed by atoms with Crippen LogP contribution in [0.5, 0.6) is 0 Å². The first-order valence-corrected chi connectivity index (χ1v) is 11.5. The summed E-state index contributed by atoms with van der Waals surface area (Å²) in [5, 5.41) is 34.4. The van der Waals surface area contributed by atoms with Crippen LogP contribution in [0.25, 0.3) is 0 Å². The number of hydrogen-bond acceptors (Lipinski definition) is 4. The van der Waals surface area contributed by atoms with Gasteiger partial charge in [0.1, 0.15) is 0 Å². The van der Waals surface area contributed by atoms with Crippen LogP contribution < -0.4 is 0 Å². The standard InChI is InChI=1S/C20H36O4.C4H4O4/c1-3-5-7-9-11-13-15-17(19(21)22)18(20(23)24)16-14-12-10-8-6-4-2;5-3(6)1-2-4(7)8/h3-16H2,1-2H3,(H,21,22)(H,23,24);1-2H,(H,5,6)(H,7,8)/b18-17-;. The van der Waals surface area contributed by atoms with Gasteiger partial charge in [-0.15, -0.1) is 0 Å². The molecule has 0 radical (unpaired) electrons. The fourth-order valence-corrected chi connectivity index (χ4v) is 3.08. The van der Waals surface area contributed by atoms with Gasteiger partial charge in [-0.05, 0) is 25.7 Å². The Balaban J connectivity index is 0. The van der Waals surface area contributed by atoms with Crippen LogP contribution in [-0.2, 0) is 19.2 Å². The lowest BCUT2D eigenvalue weighted by atomic mass is 9.96. The quantitative estimate of drug-likeness (QED) is 0.152. The van der Waals surface area contributed by atoms with Crippen molar-refractivity contribution in [1.82, 2.24) is 0 Å². The first kappa shape index (κ1) is 31.5. The third-order valence-electron chi connectivity index (χ3n) is 4.81. The average molecular weight is 457 g/mol. The summed E-state index contributed by atoms with van der Waals surface area (Å²) in [4.78, 5) is 42.0. The molecule has 0 aliphatic carbocycles. The second-order valence-corrected chi connectivity index (χ2v) is 7.61. The number of hydrogen-bond donors (Lipinski definition) is 4. The van der Waals surface area contributed by atoms with Gasteiger partial charge in [0, 0.05) is 23.3 Å². The maximum Gasteiger partial charge on any atom is 0.332 e. The van der Waals surface area contributed by atoms with Crippen LogP contribution in [0.2, 0.25) is 0 Å².